The summed E-state index contributed by atoms with van der Waals surface area (Å²) in [6.07, 6.45) is 3.32. The van der Waals surface area contributed by atoms with E-state index in [1.807, 2.05) is 29.6 Å². The second-order valence-electron chi connectivity index (χ2n) is 7.16. The van der Waals surface area contributed by atoms with Gasteiger partial charge in [-0.2, -0.15) is 0 Å². The summed E-state index contributed by atoms with van der Waals surface area (Å²) in [5.41, 5.74) is 7.91. The van der Waals surface area contributed by atoms with Gasteiger partial charge in [-0.25, -0.2) is 4.98 Å². The van der Waals surface area contributed by atoms with Crippen molar-refractivity contribution in [3.05, 3.63) is 51.8 Å². The summed E-state index contributed by atoms with van der Waals surface area (Å²) in [5, 5.41) is 8.37. The molecule has 0 spiro atoms. The van der Waals surface area contributed by atoms with Gasteiger partial charge >= 0.3 is 0 Å². The number of hydrogen-bond acceptors (Lipinski definition) is 6. The van der Waals surface area contributed by atoms with Gasteiger partial charge in [0.05, 0.1) is 16.3 Å². The molecular formula is C21H23ClN4OS2. The molecule has 5 nitrogen and oxygen atoms in total. The minimum Gasteiger partial charge on any atom is -0.370 e. The quantitative estimate of drug-likeness (QED) is 0.535. The lowest BCUT2D eigenvalue weighted by Crippen LogP contribution is -2.36. The first-order valence-electron chi connectivity index (χ1n) is 9.69. The van der Waals surface area contributed by atoms with Crippen LogP contribution in [-0.4, -0.2) is 30.5 Å². The van der Waals surface area contributed by atoms with Crippen LogP contribution in [0.25, 0.3) is 9.88 Å². The van der Waals surface area contributed by atoms with Gasteiger partial charge in [0.1, 0.15) is 10.7 Å². The highest BCUT2D eigenvalue weighted by atomic mass is 35.5. The Labute approximate surface area is 183 Å². The molecule has 1 aromatic carbocycles. The molecule has 2 aromatic heterocycles. The van der Waals surface area contributed by atoms with E-state index in [0.717, 1.165) is 47.2 Å². The van der Waals surface area contributed by atoms with Crippen LogP contribution in [0.4, 0.5) is 11.4 Å². The molecule has 1 saturated heterocycles. The van der Waals surface area contributed by atoms with Crippen molar-refractivity contribution in [3.8, 4) is 9.88 Å². The zero-order valence-corrected chi connectivity index (χ0v) is 18.3. The van der Waals surface area contributed by atoms with E-state index in [9.17, 15) is 4.79 Å². The molecule has 0 bridgehead atoms. The molecule has 3 aromatic rings. The zero-order chi connectivity index (χ0) is 20.2. The Hall–Kier alpha value is -1.93. The van der Waals surface area contributed by atoms with E-state index in [4.69, 9.17) is 17.3 Å². The highest BCUT2D eigenvalue weighted by Gasteiger charge is 2.23. The van der Waals surface area contributed by atoms with E-state index < -0.39 is 0 Å². The lowest BCUT2D eigenvalue weighted by molar-refractivity contribution is 0.102. The van der Waals surface area contributed by atoms with E-state index in [2.05, 4.69) is 15.2 Å². The van der Waals surface area contributed by atoms with Gasteiger partial charge in [0, 0.05) is 23.5 Å². The first kappa shape index (κ1) is 20.3. The van der Waals surface area contributed by atoms with Crippen LogP contribution in [0.1, 0.15) is 29.8 Å². The molecule has 1 unspecified atom stereocenters. The normalized spacial score (nSPS) is 16.8. The van der Waals surface area contributed by atoms with Crippen LogP contribution in [0.15, 0.2) is 41.1 Å². The van der Waals surface area contributed by atoms with Gasteiger partial charge in [0.15, 0.2) is 0 Å². The number of hydrogen-bond donors (Lipinski definition) is 2. The molecule has 0 radical (unpaired) electrons. The van der Waals surface area contributed by atoms with Crippen molar-refractivity contribution in [2.45, 2.75) is 19.3 Å². The van der Waals surface area contributed by atoms with Gasteiger partial charge < -0.3 is 16.0 Å². The number of halogens is 1. The number of benzene rings is 1. The molecule has 0 saturated carbocycles. The molecule has 1 amide bonds. The Morgan fingerprint density at radius 1 is 1.34 bits per heavy atom. The van der Waals surface area contributed by atoms with E-state index in [-0.39, 0.29) is 5.91 Å². The first-order valence-corrected chi connectivity index (χ1v) is 11.8. The average Bonchev–Trinajstić information content (AvgIpc) is 3.41. The van der Waals surface area contributed by atoms with Crippen molar-refractivity contribution in [2.75, 3.05) is 29.9 Å². The Balaban J connectivity index is 1.53. The number of amides is 1. The molecule has 4 rings (SSSR count). The fourth-order valence-electron chi connectivity index (χ4n) is 3.71. The number of rotatable bonds is 6. The van der Waals surface area contributed by atoms with Crippen molar-refractivity contribution >= 4 is 51.6 Å². The Morgan fingerprint density at radius 3 is 3.03 bits per heavy atom. The van der Waals surface area contributed by atoms with Gasteiger partial charge in [-0.15, -0.1) is 22.7 Å². The zero-order valence-electron chi connectivity index (χ0n) is 15.9. The highest BCUT2D eigenvalue weighted by Crippen LogP contribution is 2.34. The summed E-state index contributed by atoms with van der Waals surface area (Å²) < 4.78 is 0. The predicted molar refractivity (Wildman–Crippen MR) is 123 cm³/mol. The average molecular weight is 447 g/mol. The fraction of sp³-hybridized carbons (Fsp3) is 0.333. The van der Waals surface area contributed by atoms with Crippen molar-refractivity contribution in [2.24, 2.45) is 11.7 Å². The van der Waals surface area contributed by atoms with Crippen LogP contribution in [0.2, 0.25) is 5.02 Å². The minimum atomic E-state index is -0.205. The van der Waals surface area contributed by atoms with Crippen LogP contribution in [0.5, 0.6) is 0 Å². The van der Waals surface area contributed by atoms with Crippen molar-refractivity contribution < 1.29 is 4.79 Å². The number of nitrogens with two attached hydrogens (primary N) is 1. The lowest BCUT2D eigenvalue weighted by atomic mass is 9.94. The van der Waals surface area contributed by atoms with Crippen LogP contribution in [0.3, 0.4) is 0 Å². The van der Waals surface area contributed by atoms with E-state index in [1.165, 1.54) is 17.8 Å². The number of thiophene rings is 1. The minimum absolute atomic E-state index is 0.205. The number of thiazole rings is 1. The number of anilines is 2. The Kier molecular flexibility index (Phi) is 6.50. The molecule has 1 atom stereocenters. The molecule has 1 fully saturated rings. The number of nitrogens with zero attached hydrogens (tertiary/aromatic N) is 2. The molecular weight excluding hydrogens is 424 g/mol. The molecule has 8 heteroatoms. The number of piperidine rings is 1. The summed E-state index contributed by atoms with van der Waals surface area (Å²) in [4.78, 5) is 20.7. The third kappa shape index (κ3) is 4.80. The summed E-state index contributed by atoms with van der Waals surface area (Å²) >= 11 is 9.38. The van der Waals surface area contributed by atoms with Gasteiger partial charge in [-0.1, -0.05) is 17.7 Å². The maximum Gasteiger partial charge on any atom is 0.275 e. The van der Waals surface area contributed by atoms with Crippen LogP contribution < -0.4 is 16.0 Å². The lowest BCUT2D eigenvalue weighted by Gasteiger charge is -2.35. The van der Waals surface area contributed by atoms with Gasteiger partial charge in [-0.3, -0.25) is 4.79 Å². The molecule has 1 aliphatic rings. The summed E-state index contributed by atoms with van der Waals surface area (Å²) in [5.74, 6) is 0.367. The third-order valence-corrected chi connectivity index (χ3v) is 7.23. The van der Waals surface area contributed by atoms with Crippen LogP contribution in [-0.2, 0) is 0 Å². The van der Waals surface area contributed by atoms with Crippen LogP contribution >= 0.6 is 34.3 Å². The number of carbonyl (C=O) groups is 1. The molecule has 29 heavy (non-hydrogen) atoms. The van der Waals surface area contributed by atoms with E-state index in [0.29, 0.717) is 23.2 Å². The smallest absolute Gasteiger partial charge is 0.275 e. The van der Waals surface area contributed by atoms with Gasteiger partial charge in [0.25, 0.3) is 5.91 Å². The third-order valence-electron chi connectivity index (χ3n) is 5.11. The van der Waals surface area contributed by atoms with Crippen molar-refractivity contribution in [3.63, 3.8) is 0 Å². The largest absolute Gasteiger partial charge is 0.370 e. The molecule has 0 aliphatic carbocycles. The highest BCUT2D eigenvalue weighted by molar-refractivity contribution is 7.20. The number of aromatic nitrogens is 1. The van der Waals surface area contributed by atoms with Gasteiger partial charge in [0.2, 0.25) is 0 Å². The fourth-order valence-corrected chi connectivity index (χ4v) is 5.49. The van der Waals surface area contributed by atoms with E-state index >= 15 is 0 Å². The molecule has 3 N–H and O–H groups in total. The van der Waals surface area contributed by atoms with E-state index in [1.54, 1.807) is 22.8 Å². The van der Waals surface area contributed by atoms with Gasteiger partial charge in [-0.05, 0) is 61.4 Å². The molecule has 3 heterocycles. The topological polar surface area (TPSA) is 71.2 Å². The molecule has 1 aliphatic heterocycles. The predicted octanol–water partition coefficient (Wildman–Crippen LogP) is 5.34. The summed E-state index contributed by atoms with van der Waals surface area (Å²) in [6.45, 7) is 2.58. The second-order valence-corrected chi connectivity index (χ2v) is 9.40. The molecule has 152 valence electrons. The summed E-state index contributed by atoms with van der Waals surface area (Å²) in [7, 11) is 0. The maximum atomic E-state index is 12.9. The summed E-state index contributed by atoms with van der Waals surface area (Å²) in [6, 6.07) is 9.60. The van der Waals surface area contributed by atoms with Crippen molar-refractivity contribution in [1.82, 2.24) is 4.98 Å². The van der Waals surface area contributed by atoms with Crippen molar-refractivity contribution in [1.29, 1.82) is 0 Å². The SMILES string of the molecule is NCCC1CCCN(c2cc(Cl)ccc2NC(=O)c2csc(-c3cccs3)n2)C1. The maximum absolute atomic E-state index is 12.9. The monoisotopic (exact) mass is 446 g/mol. The number of nitrogens with one attached hydrogen (secondary N) is 1. The van der Waals surface area contributed by atoms with Crippen LogP contribution in [0, 0.1) is 5.92 Å². The Bertz CT molecular complexity index is 971. The second kappa shape index (κ2) is 9.26. The number of carbonyl (C=O) groups excluding carboxylic acids is 1. The standard InChI is InChI=1S/C21H23ClN4OS2/c22-15-5-6-16(18(11-15)26-9-1-3-14(12-26)7-8-23)24-20(27)17-13-29-21(25-17)19-4-2-10-28-19/h2,4-6,10-11,13-14H,1,3,7-9,12,23H2,(H,24,27). The first-order chi connectivity index (χ1) is 14.1. The Morgan fingerprint density at radius 2 is 2.24 bits per heavy atom.